The zero-order valence-electron chi connectivity index (χ0n) is 6.22. The van der Waals surface area contributed by atoms with Gasteiger partial charge >= 0.3 is 0 Å². The second-order valence-electron chi connectivity index (χ2n) is 3.09. The highest BCUT2D eigenvalue weighted by atomic mass is 16.5. The summed E-state index contributed by atoms with van der Waals surface area (Å²) in [6.45, 7) is 1.98. The van der Waals surface area contributed by atoms with Crippen LogP contribution in [0.4, 0.5) is 0 Å². The Morgan fingerprint density at radius 3 is 2.22 bits per heavy atom. The van der Waals surface area contributed by atoms with Gasteiger partial charge in [-0.05, 0) is 18.9 Å². The normalized spacial score (nSPS) is 21.1. The van der Waals surface area contributed by atoms with E-state index in [1.165, 1.54) is 5.57 Å². The molecule has 1 aliphatic carbocycles. The van der Waals surface area contributed by atoms with Crippen LogP contribution in [0.5, 0.6) is 0 Å². The van der Waals surface area contributed by atoms with Crippen molar-refractivity contribution in [2.45, 2.75) is 19.4 Å². The lowest BCUT2D eigenvalue weighted by molar-refractivity contribution is -0.858. The molecule has 0 aliphatic heterocycles. The monoisotopic (exact) mass is 127 g/mol. The molecule has 1 unspecified atom stereocenters. The molecular weight excluding hydrogens is 114 g/mol. The highest BCUT2D eigenvalue weighted by Crippen LogP contribution is 2.27. The van der Waals surface area contributed by atoms with E-state index in [0.717, 1.165) is 6.42 Å². The Bertz CT molecular complexity index is 143. The lowest BCUT2D eigenvalue weighted by atomic mass is 10.2. The molecule has 2 nitrogen and oxygen atoms in total. The van der Waals surface area contributed by atoms with Crippen LogP contribution in [-0.2, 0) is 0 Å². The highest BCUT2D eigenvalue weighted by molar-refractivity contribution is 5.25. The van der Waals surface area contributed by atoms with Crippen molar-refractivity contribution in [1.82, 2.24) is 0 Å². The van der Waals surface area contributed by atoms with Crippen LogP contribution in [0.2, 0.25) is 0 Å². The van der Waals surface area contributed by atoms with E-state index in [1.54, 1.807) is 14.1 Å². The Balaban J connectivity index is 2.50. The summed E-state index contributed by atoms with van der Waals surface area (Å²) >= 11 is 0. The minimum absolute atomic E-state index is 0.171. The maximum absolute atomic E-state index is 11.2. The third kappa shape index (κ3) is 1.53. The van der Waals surface area contributed by atoms with Crippen molar-refractivity contribution < 1.29 is 4.65 Å². The fourth-order valence-corrected chi connectivity index (χ4v) is 0.799. The van der Waals surface area contributed by atoms with Gasteiger partial charge in [-0.3, -0.25) is 0 Å². The van der Waals surface area contributed by atoms with Crippen molar-refractivity contribution in [3.05, 3.63) is 16.9 Å². The number of rotatable bonds is 2. The predicted octanol–water partition coefficient (Wildman–Crippen LogP) is 1.28. The topological polar surface area (TPSA) is 23.1 Å². The molecule has 0 heterocycles. The van der Waals surface area contributed by atoms with Crippen molar-refractivity contribution in [2.24, 2.45) is 0 Å². The quantitative estimate of drug-likeness (QED) is 0.311. The van der Waals surface area contributed by atoms with E-state index in [1.807, 2.05) is 6.92 Å². The fraction of sp³-hybridized carbons (Fsp3) is 0.714. The van der Waals surface area contributed by atoms with E-state index in [9.17, 15) is 5.21 Å². The van der Waals surface area contributed by atoms with Crippen LogP contribution < -0.4 is 0 Å². The first-order valence-corrected chi connectivity index (χ1v) is 3.25. The smallest absolute Gasteiger partial charge is 0.107 e. The second-order valence-corrected chi connectivity index (χ2v) is 3.09. The number of hydrogen-bond acceptors (Lipinski definition) is 1. The van der Waals surface area contributed by atoms with E-state index in [0.29, 0.717) is 0 Å². The molecule has 0 saturated carbocycles. The van der Waals surface area contributed by atoms with Gasteiger partial charge in [-0.1, -0.05) is 6.08 Å². The molecule has 0 bridgehead atoms. The molecule has 0 aromatic rings. The van der Waals surface area contributed by atoms with Crippen LogP contribution >= 0.6 is 0 Å². The zero-order valence-corrected chi connectivity index (χ0v) is 6.22. The molecular formula is C7H13NO. The van der Waals surface area contributed by atoms with Crippen molar-refractivity contribution in [3.8, 4) is 0 Å². The summed E-state index contributed by atoms with van der Waals surface area (Å²) < 4.78 is -0.189. The van der Waals surface area contributed by atoms with Crippen LogP contribution in [0.1, 0.15) is 13.3 Å². The Labute approximate surface area is 56.0 Å². The molecule has 0 radical (unpaired) electrons. The SMILES string of the molecule is CC(C1=CC1)[N+](C)(C)[O-]. The van der Waals surface area contributed by atoms with Crippen LogP contribution in [0.25, 0.3) is 0 Å². The average molecular weight is 127 g/mol. The standard InChI is InChI=1S/C7H13NO/c1-6(7-4-5-7)8(2,3)9/h4,6H,5H2,1-3H3. The minimum atomic E-state index is -0.189. The summed E-state index contributed by atoms with van der Waals surface area (Å²) in [5, 5.41) is 11.2. The molecule has 0 fully saturated rings. The van der Waals surface area contributed by atoms with Crippen molar-refractivity contribution in [2.75, 3.05) is 14.1 Å². The van der Waals surface area contributed by atoms with Crippen molar-refractivity contribution in [1.29, 1.82) is 0 Å². The molecule has 0 amide bonds. The van der Waals surface area contributed by atoms with Crippen molar-refractivity contribution >= 4 is 0 Å². The number of hydrogen-bond donors (Lipinski definition) is 0. The lowest BCUT2D eigenvalue weighted by Crippen LogP contribution is -2.40. The molecule has 1 rings (SSSR count). The van der Waals surface area contributed by atoms with Crippen LogP contribution in [-0.4, -0.2) is 24.8 Å². The minimum Gasteiger partial charge on any atom is -0.633 e. The van der Waals surface area contributed by atoms with Gasteiger partial charge in [-0.15, -0.1) is 0 Å². The molecule has 0 aromatic carbocycles. The Morgan fingerprint density at radius 1 is 1.67 bits per heavy atom. The molecule has 1 atom stereocenters. The van der Waals surface area contributed by atoms with Gasteiger partial charge in [0.1, 0.15) is 6.04 Å². The molecule has 0 N–H and O–H groups in total. The Hall–Kier alpha value is -0.340. The van der Waals surface area contributed by atoms with Gasteiger partial charge in [0.15, 0.2) is 0 Å². The average Bonchev–Trinajstić information content (AvgIpc) is 2.40. The molecule has 2 heteroatoms. The molecule has 0 aromatic heterocycles. The fourth-order valence-electron chi connectivity index (χ4n) is 0.799. The first kappa shape index (κ1) is 6.78. The summed E-state index contributed by atoms with van der Waals surface area (Å²) in [4.78, 5) is 0. The van der Waals surface area contributed by atoms with Crippen molar-refractivity contribution in [3.63, 3.8) is 0 Å². The van der Waals surface area contributed by atoms with Gasteiger partial charge in [-0.25, -0.2) is 0 Å². The van der Waals surface area contributed by atoms with E-state index >= 15 is 0 Å². The summed E-state index contributed by atoms with van der Waals surface area (Å²) in [5.74, 6) is 0. The number of nitrogens with zero attached hydrogens (tertiary/aromatic N) is 1. The van der Waals surface area contributed by atoms with Crippen LogP contribution in [0.15, 0.2) is 11.6 Å². The van der Waals surface area contributed by atoms with Gasteiger partial charge in [0.2, 0.25) is 0 Å². The lowest BCUT2D eigenvalue weighted by Gasteiger charge is -2.39. The Kier molecular flexibility index (Phi) is 1.37. The van der Waals surface area contributed by atoms with E-state index in [-0.39, 0.29) is 10.7 Å². The third-order valence-electron chi connectivity index (χ3n) is 1.91. The number of likely N-dealkylation sites (N-methyl/N-ethyl adjacent to an activating group) is 1. The van der Waals surface area contributed by atoms with Crippen LogP contribution in [0.3, 0.4) is 0 Å². The largest absolute Gasteiger partial charge is 0.633 e. The van der Waals surface area contributed by atoms with E-state index in [2.05, 4.69) is 6.08 Å². The summed E-state index contributed by atoms with van der Waals surface area (Å²) in [7, 11) is 3.37. The van der Waals surface area contributed by atoms with E-state index in [4.69, 9.17) is 0 Å². The molecule has 52 valence electrons. The van der Waals surface area contributed by atoms with Gasteiger partial charge < -0.3 is 9.85 Å². The summed E-state index contributed by atoms with van der Waals surface area (Å²) in [6, 6.07) is 0.171. The highest BCUT2D eigenvalue weighted by Gasteiger charge is 2.24. The summed E-state index contributed by atoms with van der Waals surface area (Å²) in [6.07, 6.45) is 3.17. The third-order valence-corrected chi connectivity index (χ3v) is 1.91. The molecule has 0 saturated heterocycles. The van der Waals surface area contributed by atoms with Crippen LogP contribution in [0, 0.1) is 5.21 Å². The van der Waals surface area contributed by atoms with Gasteiger partial charge in [-0.2, -0.15) is 0 Å². The first-order valence-electron chi connectivity index (χ1n) is 3.25. The second kappa shape index (κ2) is 1.82. The van der Waals surface area contributed by atoms with E-state index < -0.39 is 0 Å². The number of hydroxylamine groups is 3. The van der Waals surface area contributed by atoms with Gasteiger partial charge in [0.25, 0.3) is 0 Å². The number of allylic oxidation sites excluding steroid dienone is 1. The van der Waals surface area contributed by atoms with Gasteiger partial charge in [0, 0.05) is 0 Å². The Morgan fingerprint density at radius 2 is 2.11 bits per heavy atom. The zero-order chi connectivity index (χ0) is 7.07. The molecule has 9 heavy (non-hydrogen) atoms. The predicted molar refractivity (Wildman–Crippen MR) is 37.6 cm³/mol. The maximum Gasteiger partial charge on any atom is 0.107 e. The van der Waals surface area contributed by atoms with Gasteiger partial charge in [0.05, 0.1) is 14.1 Å². The maximum atomic E-state index is 11.2. The molecule has 1 aliphatic rings. The number of quaternary nitrogens is 1. The first-order chi connectivity index (χ1) is 4.02. The summed E-state index contributed by atoms with van der Waals surface area (Å²) in [5.41, 5.74) is 1.31. The molecule has 0 spiro atoms.